The molecule has 0 aliphatic carbocycles. The molecule has 1 aliphatic heterocycles. The first-order chi connectivity index (χ1) is 8.20. The van der Waals surface area contributed by atoms with Crippen LogP contribution in [-0.2, 0) is 0 Å². The summed E-state index contributed by atoms with van der Waals surface area (Å²) in [5, 5.41) is 15.7. The fourth-order valence-electron chi connectivity index (χ4n) is 1.86. The maximum atomic E-state index is 11.9. The van der Waals surface area contributed by atoms with Crippen LogP contribution < -0.4 is 15.4 Å². The van der Waals surface area contributed by atoms with Crippen LogP contribution in [0.25, 0.3) is 0 Å². The zero-order valence-electron chi connectivity index (χ0n) is 9.69. The van der Waals surface area contributed by atoms with Gasteiger partial charge in [-0.25, -0.2) is 0 Å². The van der Waals surface area contributed by atoms with E-state index < -0.39 is 0 Å². The van der Waals surface area contributed by atoms with Gasteiger partial charge in [-0.1, -0.05) is 0 Å². The third-order valence-electron chi connectivity index (χ3n) is 2.84. The number of carbonyl (C=O) groups is 1. The molecule has 1 aromatic carbocycles. The molecule has 0 radical (unpaired) electrons. The molecule has 1 amide bonds. The van der Waals surface area contributed by atoms with Crippen molar-refractivity contribution in [3.63, 3.8) is 0 Å². The van der Waals surface area contributed by atoms with Crippen molar-refractivity contribution in [2.75, 3.05) is 20.2 Å². The van der Waals surface area contributed by atoms with E-state index in [9.17, 15) is 9.90 Å². The molecular weight excluding hydrogens is 220 g/mol. The lowest BCUT2D eigenvalue weighted by Gasteiger charge is -2.12. The minimum Gasteiger partial charge on any atom is -0.507 e. The standard InChI is InChI=1S/C12H16N2O3/c1-17-9-2-3-11(15)10(6-9)12(16)14-8-4-5-13-7-8/h2-3,6,8,13,15H,4-5,7H2,1H3,(H,14,16)/t8-/m0/s1. The number of amides is 1. The number of aromatic hydroxyl groups is 1. The van der Waals surface area contributed by atoms with Gasteiger partial charge in [0.25, 0.3) is 5.91 Å². The second kappa shape index (κ2) is 5.05. The number of hydrogen-bond acceptors (Lipinski definition) is 4. The van der Waals surface area contributed by atoms with E-state index in [0.717, 1.165) is 19.5 Å². The molecule has 0 unspecified atom stereocenters. The molecule has 0 bridgehead atoms. The number of ether oxygens (including phenoxy) is 1. The summed E-state index contributed by atoms with van der Waals surface area (Å²) in [4.78, 5) is 11.9. The largest absolute Gasteiger partial charge is 0.507 e. The van der Waals surface area contributed by atoms with E-state index >= 15 is 0 Å². The maximum Gasteiger partial charge on any atom is 0.255 e. The number of hydrogen-bond donors (Lipinski definition) is 3. The van der Waals surface area contributed by atoms with E-state index in [-0.39, 0.29) is 23.3 Å². The summed E-state index contributed by atoms with van der Waals surface area (Å²) in [6.45, 7) is 1.69. The Bertz CT molecular complexity index is 414. The lowest BCUT2D eigenvalue weighted by molar-refractivity contribution is 0.0937. The van der Waals surface area contributed by atoms with Crippen molar-refractivity contribution in [2.24, 2.45) is 0 Å². The van der Waals surface area contributed by atoms with Crippen LogP contribution in [0.5, 0.6) is 11.5 Å². The van der Waals surface area contributed by atoms with Gasteiger partial charge in [-0.05, 0) is 31.2 Å². The van der Waals surface area contributed by atoms with Gasteiger partial charge in [0.05, 0.1) is 12.7 Å². The third-order valence-corrected chi connectivity index (χ3v) is 2.84. The Morgan fingerprint density at radius 2 is 2.41 bits per heavy atom. The smallest absolute Gasteiger partial charge is 0.255 e. The first kappa shape index (κ1) is 11.7. The number of rotatable bonds is 3. The van der Waals surface area contributed by atoms with Crippen LogP contribution in [-0.4, -0.2) is 37.3 Å². The van der Waals surface area contributed by atoms with Gasteiger partial charge in [-0.3, -0.25) is 4.79 Å². The van der Waals surface area contributed by atoms with Gasteiger partial charge in [-0.2, -0.15) is 0 Å². The predicted octanol–water partition coefficient (Wildman–Crippen LogP) is 0.492. The molecule has 1 heterocycles. The molecule has 17 heavy (non-hydrogen) atoms. The Labute approximate surface area is 99.8 Å². The molecule has 2 rings (SSSR count). The molecule has 5 nitrogen and oxygen atoms in total. The molecule has 1 atom stereocenters. The summed E-state index contributed by atoms with van der Waals surface area (Å²) >= 11 is 0. The van der Waals surface area contributed by atoms with Crippen molar-refractivity contribution in [3.05, 3.63) is 23.8 Å². The van der Waals surface area contributed by atoms with E-state index in [1.165, 1.54) is 19.2 Å². The average molecular weight is 236 g/mol. The van der Waals surface area contributed by atoms with Crippen molar-refractivity contribution in [1.29, 1.82) is 0 Å². The highest BCUT2D eigenvalue weighted by molar-refractivity contribution is 5.97. The highest BCUT2D eigenvalue weighted by Crippen LogP contribution is 2.22. The molecule has 5 heteroatoms. The second-order valence-electron chi connectivity index (χ2n) is 4.05. The molecule has 0 aromatic heterocycles. The summed E-state index contributed by atoms with van der Waals surface area (Å²) < 4.78 is 5.03. The molecule has 0 saturated carbocycles. The molecule has 1 aromatic rings. The topological polar surface area (TPSA) is 70.6 Å². The van der Waals surface area contributed by atoms with Crippen LogP contribution in [0.1, 0.15) is 16.8 Å². The third kappa shape index (κ3) is 2.68. The Hall–Kier alpha value is -1.75. The highest BCUT2D eigenvalue weighted by Gasteiger charge is 2.19. The van der Waals surface area contributed by atoms with Crippen molar-refractivity contribution in [2.45, 2.75) is 12.5 Å². The first-order valence-corrected chi connectivity index (χ1v) is 5.59. The lowest BCUT2D eigenvalue weighted by Crippen LogP contribution is -2.36. The maximum absolute atomic E-state index is 11.9. The normalized spacial score (nSPS) is 19.0. The van der Waals surface area contributed by atoms with Crippen molar-refractivity contribution in [1.82, 2.24) is 10.6 Å². The zero-order valence-corrected chi connectivity index (χ0v) is 9.69. The zero-order chi connectivity index (χ0) is 12.3. The van der Waals surface area contributed by atoms with Gasteiger partial charge in [-0.15, -0.1) is 0 Å². The van der Waals surface area contributed by atoms with Gasteiger partial charge in [0.15, 0.2) is 0 Å². The molecule has 92 valence electrons. The molecule has 1 aliphatic rings. The van der Waals surface area contributed by atoms with Crippen molar-refractivity contribution >= 4 is 5.91 Å². The fourth-order valence-corrected chi connectivity index (χ4v) is 1.86. The van der Waals surface area contributed by atoms with Gasteiger partial charge in [0.1, 0.15) is 11.5 Å². The van der Waals surface area contributed by atoms with E-state index in [2.05, 4.69) is 10.6 Å². The van der Waals surface area contributed by atoms with Crippen LogP contribution in [0.3, 0.4) is 0 Å². The molecule has 3 N–H and O–H groups in total. The fraction of sp³-hybridized carbons (Fsp3) is 0.417. The Morgan fingerprint density at radius 3 is 3.06 bits per heavy atom. The molecule has 1 fully saturated rings. The van der Waals surface area contributed by atoms with Crippen LogP contribution >= 0.6 is 0 Å². The van der Waals surface area contributed by atoms with Crippen molar-refractivity contribution < 1.29 is 14.6 Å². The number of carbonyl (C=O) groups excluding carboxylic acids is 1. The van der Waals surface area contributed by atoms with E-state index in [0.29, 0.717) is 5.75 Å². The van der Waals surface area contributed by atoms with Crippen LogP contribution in [0.15, 0.2) is 18.2 Å². The van der Waals surface area contributed by atoms with Crippen LogP contribution in [0, 0.1) is 0 Å². The SMILES string of the molecule is COc1ccc(O)c(C(=O)N[C@H]2CCNC2)c1. The summed E-state index contributed by atoms with van der Waals surface area (Å²) in [6, 6.07) is 4.74. The molecular formula is C12H16N2O3. The Balaban J connectivity index is 2.11. The van der Waals surface area contributed by atoms with E-state index in [1.54, 1.807) is 6.07 Å². The lowest BCUT2D eigenvalue weighted by atomic mass is 10.1. The van der Waals surface area contributed by atoms with Crippen LogP contribution in [0.2, 0.25) is 0 Å². The van der Waals surface area contributed by atoms with Crippen LogP contribution in [0.4, 0.5) is 0 Å². The van der Waals surface area contributed by atoms with E-state index in [1.807, 2.05) is 0 Å². The predicted molar refractivity (Wildman–Crippen MR) is 63.4 cm³/mol. The quantitative estimate of drug-likeness (QED) is 0.714. The van der Waals surface area contributed by atoms with E-state index in [4.69, 9.17) is 4.74 Å². The second-order valence-corrected chi connectivity index (χ2v) is 4.05. The summed E-state index contributed by atoms with van der Waals surface area (Å²) in [7, 11) is 1.52. The monoisotopic (exact) mass is 236 g/mol. The number of phenols is 1. The molecule has 0 spiro atoms. The highest BCUT2D eigenvalue weighted by atomic mass is 16.5. The van der Waals surface area contributed by atoms with Gasteiger partial charge < -0.3 is 20.5 Å². The first-order valence-electron chi connectivity index (χ1n) is 5.59. The minimum absolute atomic E-state index is 0.0331. The molecule has 1 saturated heterocycles. The minimum atomic E-state index is -0.268. The van der Waals surface area contributed by atoms with Gasteiger partial charge in [0.2, 0.25) is 0 Å². The number of methoxy groups -OCH3 is 1. The van der Waals surface area contributed by atoms with Gasteiger partial charge >= 0.3 is 0 Å². The Kier molecular flexibility index (Phi) is 3.49. The summed E-state index contributed by atoms with van der Waals surface area (Å²) in [5.74, 6) is 0.252. The van der Waals surface area contributed by atoms with Crippen molar-refractivity contribution in [3.8, 4) is 11.5 Å². The average Bonchev–Trinajstić information content (AvgIpc) is 2.82. The Morgan fingerprint density at radius 1 is 1.59 bits per heavy atom. The van der Waals surface area contributed by atoms with Gasteiger partial charge in [0, 0.05) is 12.6 Å². The summed E-state index contributed by atoms with van der Waals surface area (Å²) in [6.07, 6.45) is 0.913. The number of benzene rings is 1. The number of nitrogens with one attached hydrogen (secondary N) is 2. The summed E-state index contributed by atoms with van der Waals surface area (Å²) in [5.41, 5.74) is 0.247. The number of phenolic OH excluding ortho intramolecular Hbond substituents is 1.